The molecular formula is C23H24N6O3. The van der Waals surface area contributed by atoms with Crippen LogP contribution in [0.1, 0.15) is 27.7 Å². The number of carbonyl (C=O) groups is 2. The summed E-state index contributed by atoms with van der Waals surface area (Å²) in [6.45, 7) is 1.81. The van der Waals surface area contributed by atoms with Crippen molar-refractivity contribution in [2.75, 3.05) is 26.2 Å². The molecule has 2 saturated heterocycles. The van der Waals surface area contributed by atoms with E-state index in [2.05, 4.69) is 15.1 Å². The SMILES string of the molecule is Cn1nccc1C(=O)N1CC(c2cccnc2)C2(C1)OCCN(Cc1ccccn1)C2=O. The summed E-state index contributed by atoms with van der Waals surface area (Å²) in [6, 6.07) is 11.1. The smallest absolute Gasteiger partial charge is 0.272 e. The van der Waals surface area contributed by atoms with Gasteiger partial charge in [0.1, 0.15) is 5.69 Å². The third-order valence-electron chi connectivity index (χ3n) is 6.25. The van der Waals surface area contributed by atoms with Crippen molar-refractivity contribution in [1.82, 2.24) is 29.5 Å². The van der Waals surface area contributed by atoms with E-state index in [1.54, 1.807) is 52.4 Å². The number of aromatic nitrogens is 4. The van der Waals surface area contributed by atoms with Gasteiger partial charge in [-0.3, -0.25) is 24.2 Å². The average Bonchev–Trinajstić information content (AvgIpc) is 3.42. The lowest BCUT2D eigenvalue weighted by atomic mass is 9.83. The van der Waals surface area contributed by atoms with Gasteiger partial charge in [0.15, 0.2) is 5.60 Å². The predicted molar refractivity (Wildman–Crippen MR) is 114 cm³/mol. The van der Waals surface area contributed by atoms with E-state index in [-0.39, 0.29) is 24.3 Å². The molecule has 164 valence electrons. The molecule has 2 aliphatic heterocycles. The minimum atomic E-state index is -1.16. The Morgan fingerprint density at radius 1 is 1.19 bits per heavy atom. The van der Waals surface area contributed by atoms with Gasteiger partial charge in [-0.15, -0.1) is 0 Å². The molecule has 0 radical (unpaired) electrons. The lowest BCUT2D eigenvalue weighted by molar-refractivity contribution is -0.172. The van der Waals surface area contributed by atoms with Crippen LogP contribution in [-0.2, 0) is 23.1 Å². The average molecular weight is 432 g/mol. The highest BCUT2D eigenvalue weighted by Crippen LogP contribution is 2.42. The van der Waals surface area contributed by atoms with Gasteiger partial charge in [-0.1, -0.05) is 12.1 Å². The molecule has 9 nitrogen and oxygen atoms in total. The highest BCUT2D eigenvalue weighted by atomic mass is 16.5. The number of hydrogen-bond acceptors (Lipinski definition) is 6. The lowest BCUT2D eigenvalue weighted by Gasteiger charge is -2.42. The van der Waals surface area contributed by atoms with Gasteiger partial charge in [-0.2, -0.15) is 5.10 Å². The van der Waals surface area contributed by atoms with Crippen molar-refractivity contribution in [3.63, 3.8) is 0 Å². The number of rotatable bonds is 4. The van der Waals surface area contributed by atoms with Crippen LogP contribution in [0, 0.1) is 0 Å². The number of nitrogens with zero attached hydrogens (tertiary/aromatic N) is 6. The molecule has 5 heterocycles. The lowest BCUT2D eigenvalue weighted by Crippen LogP contribution is -2.60. The molecule has 2 unspecified atom stereocenters. The van der Waals surface area contributed by atoms with Crippen molar-refractivity contribution < 1.29 is 14.3 Å². The van der Waals surface area contributed by atoms with Crippen LogP contribution in [0.15, 0.2) is 61.2 Å². The third-order valence-corrected chi connectivity index (χ3v) is 6.25. The van der Waals surface area contributed by atoms with Gasteiger partial charge in [0.25, 0.3) is 11.8 Å². The normalized spacial score (nSPS) is 23.2. The molecule has 5 rings (SSSR count). The minimum absolute atomic E-state index is 0.122. The van der Waals surface area contributed by atoms with Gasteiger partial charge in [-0.05, 0) is 29.8 Å². The molecule has 0 aromatic carbocycles. The first-order valence-electron chi connectivity index (χ1n) is 10.6. The maximum absolute atomic E-state index is 13.9. The molecule has 2 aliphatic rings. The summed E-state index contributed by atoms with van der Waals surface area (Å²) in [5, 5.41) is 4.11. The molecule has 3 aromatic heterocycles. The maximum atomic E-state index is 13.9. The van der Waals surface area contributed by atoms with Crippen molar-refractivity contribution in [1.29, 1.82) is 0 Å². The molecule has 3 aromatic rings. The maximum Gasteiger partial charge on any atom is 0.272 e. The molecule has 0 aliphatic carbocycles. The molecule has 0 bridgehead atoms. The summed E-state index contributed by atoms with van der Waals surface area (Å²) >= 11 is 0. The van der Waals surface area contributed by atoms with Crippen LogP contribution in [0.25, 0.3) is 0 Å². The van der Waals surface area contributed by atoms with E-state index in [0.717, 1.165) is 11.3 Å². The van der Waals surface area contributed by atoms with Crippen LogP contribution in [-0.4, -0.2) is 73.2 Å². The van der Waals surface area contributed by atoms with E-state index in [1.165, 1.54) is 0 Å². The molecule has 2 amide bonds. The summed E-state index contributed by atoms with van der Waals surface area (Å²) < 4.78 is 7.79. The van der Waals surface area contributed by atoms with Crippen LogP contribution >= 0.6 is 0 Å². The fourth-order valence-corrected chi connectivity index (χ4v) is 4.65. The largest absolute Gasteiger partial charge is 0.361 e. The van der Waals surface area contributed by atoms with Crippen LogP contribution in [0.3, 0.4) is 0 Å². The molecule has 0 N–H and O–H groups in total. The van der Waals surface area contributed by atoms with Crippen molar-refractivity contribution in [2.45, 2.75) is 18.1 Å². The Bertz CT molecular complexity index is 1120. The summed E-state index contributed by atoms with van der Waals surface area (Å²) in [7, 11) is 1.73. The highest BCUT2D eigenvalue weighted by Gasteiger charge is 2.58. The third kappa shape index (κ3) is 3.44. The van der Waals surface area contributed by atoms with E-state index in [1.807, 2.05) is 30.3 Å². The van der Waals surface area contributed by atoms with Crippen LogP contribution in [0.2, 0.25) is 0 Å². The van der Waals surface area contributed by atoms with Crippen molar-refractivity contribution >= 4 is 11.8 Å². The number of likely N-dealkylation sites (tertiary alicyclic amines) is 1. The first-order valence-corrected chi connectivity index (χ1v) is 10.6. The number of pyridine rings is 2. The zero-order chi connectivity index (χ0) is 22.1. The Kier molecular flexibility index (Phi) is 5.18. The Morgan fingerprint density at radius 3 is 2.81 bits per heavy atom. The second-order valence-corrected chi connectivity index (χ2v) is 8.15. The fraction of sp³-hybridized carbons (Fsp3) is 0.348. The number of aryl methyl sites for hydroxylation is 1. The standard InChI is InChI=1S/C23H24N6O3/c1-27-20(7-10-26-27)21(30)29-15-19(17-5-4-8-24-13-17)23(16-29)22(31)28(11-12-32-23)14-18-6-2-3-9-25-18/h2-10,13,19H,11-12,14-16H2,1H3. The second kappa shape index (κ2) is 8.16. The van der Waals surface area contributed by atoms with Gasteiger partial charge >= 0.3 is 0 Å². The summed E-state index contributed by atoms with van der Waals surface area (Å²) in [6.07, 6.45) is 6.76. The molecular weight excluding hydrogens is 408 g/mol. The Morgan fingerprint density at radius 2 is 2.09 bits per heavy atom. The fourth-order valence-electron chi connectivity index (χ4n) is 4.65. The summed E-state index contributed by atoms with van der Waals surface area (Å²) in [4.78, 5) is 39.2. The topological polar surface area (TPSA) is 93.4 Å². The minimum Gasteiger partial charge on any atom is -0.361 e. The van der Waals surface area contributed by atoms with Crippen molar-refractivity contribution in [3.8, 4) is 0 Å². The highest BCUT2D eigenvalue weighted by molar-refractivity contribution is 5.95. The first-order chi connectivity index (χ1) is 15.6. The number of morpholine rings is 1. The van der Waals surface area contributed by atoms with Crippen molar-refractivity contribution in [3.05, 3.63) is 78.1 Å². The summed E-state index contributed by atoms with van der Waals surface area (Å²) in [5.74, 6) is -0.620. The van der Waals surface area contributed by atoms with Gasteiger partial charge in [-0.25, -0.2) is 0 Å². The number of amides is 2. The van der Waals surface area contributed by atoms with Gasteiger partial charge < -0.3 is 14.5 Å². The first kappa shape index (κ1) is 20.3. The van der Waals surface area contributed by atoms with Crippen LogP contribution < -0.4 is 0 Å². The van der Waals surface area contributed by atoms with E-state index in [4.69, 9.17) is 4.74 Å². The quantitative estimate of drug-likeness (QED) is 0.616. The second-order valence-electron chi connectivity index (χ2n) is 8.15. The van der Waals surface area contributed by atoms with E-state index < -0.39 is 5.60 Å². The molecule has 1 spiro atoms. The predicted octanol–water partition coefficient (Wildman–Crippen LogP) is 1.25. The molecule has 32 heavy (non-hydrogen) atoms. The van der Waals surface area contributed by atoms with Gasteiger partial charge in [0, 0.05) is 50.8 Å². The van der Waals surface area contributed by atoms with Crippen LogP contribution in [0.5, 0.6) is 0 Å². The Hall–Kier alpha value is -3.59. The number of ether oxygens (including phenoxy) is 1. The van der Waals surface area contributed by atoms with Crippen LogP contribution in [0.4, 0.5) is 0 Å². The monoisotopic (exact) mass is 432 g/mol. The summed E-state index contributed by atoms with van der Waals surface area (Å²) in [5.41, 5.74) is 1.00. The van der Waals surface area contributed by atoms with Crippen molar-refractivity contribution in [2.24, 2.45) is 7.05 Å². The van der Waals surface area contributed by atoms with E-state index in [9.17, 15) is 9.59 Å². The van der Waals surface area contributed by atoms with Gasteiger partial charge in [0.2, 0.25) is 0 Å². The molecule has 9 heteroatoms. The van der Waals surface area contributed by atoms with Gasteiger partial charge in [0.05, 0.1) is 25.4 Å². The molecule has 2 fully saturated rings. The zero-order valence-electron chi connectivity index (χ0n) is 17.8. The molecule has 2 atom stereocenters. The molecule has 0 saturated carbocycles. The number of hydrogen-bond donors (Lipinski definition) is 0. The van der Waals surface area contributed by atoms with E-state index >= 15 is 0 Å². The Balaban J connectivity index is 1.49. The number of carbonyl (C=O) groups excluding carboxylic acids is 2. The Labute approximate surface area is 185 Å². The van der Waals surface area contributed by atoms with E-state index in [0.29, 0.717) is 31.9 Å². The zero-order valence-corrected chi connectivity index (χ0v) is 17.8.